The predicted molar refractivity (Wildman–Crippen MR) is 131 cm³/mol. The van der Waals surface area contributed by atoms with Gasteiger partial charge in [-0.2, -0.15) is 0 Å². The van der Waals surface area contributed by atoms with E-state index in [1.807, 2.05) is 6.92 Å². The lowest BCUT2D eigenvalue weighted by Crippen LogP contribution is -2.48. The second kappa shape index (κ2) is 12.4. The van der Waals surface area contributed by atoms with E-state index in [2.05, 4.69) is 5.32 Å². The highest BCUT2D eigenvalue weighted by Gasteiger charge is 2.28. The Kier molecular flexibility index (Phi) is 10.2. The van der Waals surface area contributed by atoms with E-state index in [1.165, 1.54) is 35.4 Å². The molecule has 0 saturated heterocycles. The van der Waals surface area contributed by atoms with Crippen molar-refractivity contribution in [3.05, 3.63) is 64.1 Å². The van der Waals surface area contributed by atoms with Crippen LogP contribution in [0.4, 0.5) is 0 Å². The van der Waals surface area contributed by atoms with Crippen LogP contribution >= 0.6 is 23.2 Å². The molecular formula is C23H29Cl2N3O4S. The molecule has 0 aliphatic rings. The Bertz CT molecular complexity index is 1060. The largest absolute Gasteiger partial charge is 0.357 e. The first-order chi connectivity index (χ1) is 15.6. The number of nitrogens with one attached hydrogen (secondary N) is 1. The summed E-state index contributed by atoms with van der Waals surface area (Å²) >= 11 is 12.3. The van der Waals surface area contributed by atoms with Crippen LogP contribution in [0.5, 0.6) is 0 Å². The molecule has 0 heterocycles. The first-order valence-electron chi connectivity index (χ1n) is 10.6. The number of amides is 2. The molecule has 0 aromatic heterocycles. The van der Waals surface area contributed by atoms with Crippen molar-refractivity contribution < 1.29 is 18.0 Å². The van der Waals surface area contributed by atoms with E-state index in [1.54, 1.807) is 36.4 Å². The summed E-state index contributed by atoms with van der Waals surface area (Å²) in [7, 11) is -0.636. The standard InChI is InChI=1S/C23H29Cl2N3O4S/c1-4-21(23(30)26-2)28(16-17-12-13-18(24)15-20(17)25)22(29)11-8-14-27(3)33(31,32)19-9-6-5-7-10-19/h5-7,9-10,12-13,15,21H,4,8,11,14,16H2,1-3H3,(H,26,30)/t21-/m0/s1. The third kappa shape index (κ3) is 7.17. The summed E-state index contributed by atoms with van der Waals surface area (Å²) in [5, 5.41) is 3.48. The fraction of sp³-hybridized carbons (Fsp3) is 0.391. The van der Waals surface area contributed by atoms with Gasteiger partial charge in [0.1, 0.15) is 6.04 Å². The zero-order chi connectivity index (χ0) is 24.6. The van der Waals surface area contributed by atoms with Gasteiger partial charge in [-0.1, -0.05) is 54.4 Å². The Balaban J connectivity index is 2.13. The molecule has 33 heavy (non-hydrogen) atoms. The average Bonchev–Trinajstić information content (AvgIpc) is 2.80. The number of halogens is 2. The van der Waals surface area contributed by atoms with Gasteiger partial charge in [-0.25, -0.2) is 12.7 Å². The fourth-order valence-electron chi connectivity index (χ4n) is 3.41. The fourth-order valence-corrected chi connectivity index (χ4v) is 5.11. The third-order valence-electron chi connectivity index (χ3n) is 5.30. The number of carbonyl (C=O) groups is 2. The number of nitrogens with zero attached hydrogens (tertiary/aromatic N) is 2. The smallest absolute Gasteiger partial charge is 0.242 e. The minimum absolute atomic E-state index is 0.0767. The van der Waals surface area contributed by atoms with Crippen molar-refractivity contribution in [1.29, 1.82) is 0 Å². The van der Waals surface area contributed by atoms with Gasteiger partial charge < -0.3 is 10.2 Å². The molecule has 1 N–H and O–H groups in total. The Morgan fingerprint density at radius 1 is 1.09 bits per heavy atom. The van der Waals surface area contributed by atoms with Gasteiger partial charge in [0.2, 0.25) is 21.8 Å². The number of likely N-dealkylation sites (N-methyl/N-ethyl adjacent to an activating group) is 1. The van der Waals surface area contributed by atoms with Crippen molar-refractivity contribution in [2.45, 2.75) is 43.7 Å². The molecule has 0 bridgehead atoms. The second-order valence-corrected chi connectivity index (χ2v) is 10.4. The molecule has 2 rings (SSSR count). The van der Waals surface area contributed by atoms with E-state index >= 15 is 0 Å². The quantitative estimate of drug-likeness (QED) is 0.492. The van der Waals surface area contributed by atoms with Crippen molar-refractivity contribution >= 4 is 45.0 Å². The Morgan fingerprint density at radius 3 is 2.33 bits per heavy atom. The summed E-state index contributed by atoms with van der Waals surface area (Å²) in [4.78, 5) is 27.3. The van der Waals surface area contributed by atoms with Gasteiger partial charge in [0.15, 0.2) is 0 Å². The van der Waals surface area contributed by atoms with E-state index in [0.717, 1.165) is 0 Å². The van der Waals surface area contributed by atoms with Crippen LogP contribution in [0.3, 0.4) is 0 Å². The lowest BCUT2D eigenvalue weighted by molar-refractivity contribution is -0.141. The zero-order valence-corrected chi connectivity index (χ0v) is 21.3. The van der Waals surface area contributed by atoms with Crippen molar-refractivity contribution in [2.75, 3.05) is 20.6 Å². The number of hydrogen-bond acceptors (Lipinski definition) is 4. The van der Waals surface area contributed by atoms with Crippen LogP contribution < -0.4 is 5.32 Å². The van der Waals surface area contributed by atoms with Crippen LogP contribution in [0, 0.1) is 0 Å². The highest BCUT2D eigenvalue weighted by atomic mass is 35.5. The lowest BCUT2D eigenvalue weighted by Gasteiger charge is -2.31. The molecule has 180 valence electrons. The molecule has 2 aromatic rings. The van der Waals surface area contributed by atoms with Crippen LogP contribution in [0.15, 0.2) is 53.4 Å². The Hall–Kier alpha value is -2.13. The molecular weight excluding hydrogens is 485 g/mol. The van der Waals surface area contributed by atoms with E-state index in [9.17, 15) is 18.0 Å². The lowest BCUT2D eigenvalue weighted by atomic mass is 10.1. The first kappa shape index (κ1) is 27.1. The normalized spacial score (nSPS) is 12.4. The van der Waals surface area contributed by atoms with Gasteiger partial charge in [0, 0.05) is 43.7 Å². The molecule has 2 aromatic carbocycles. The molecule has 10 heteroatoms. The summed E-state index contributed by atoms with van der Waals surface area (Å²) in [5.74, 6) is -0.540. The summed E-state index contributed by atoms with van der Waals surface area (Å²) in [5.41, 5.74) is 0.667. The molecule has 0 saturated carbocycles. The minimum Gasteiger partial charge on any atom is -0.357 e. The van der Waals surface area contributed by atoms with Crippen molar-refractivity contribution in [2.24, 2.45) is 0 Å². The molecule has 0 unspecified atom stereocenters. The molecule has 1 atom stereocenters. The highest BCUT2D eigenvalue weighted by molar-refractivity contribution is 7.89. The predicted octanol–water partition coefficient (Wildman–Crippen LogP) is 3.95. The van der Waals surface area contributed by atoms with Crippen LogP contribution in [-0.2, 0) is 26.2 Å². The number of benzene rings is 2. The third-order valence-corrected chi connectivity index (χ3v) is 7.76. The summed E-state index contributed by atoms with van der Waals surface area (Å²) in [6.45, 7) is 2.12. The van der Waals surface area contributed by atoms with Crippen LogP contribution in [0.25, 0.3) is 0 Å². The van der Waals surface area contributed by atoms with E-state index in [-0.39, 0.29) is 36.2 Å². The van der Waals surface area contributed by atoms with E-state index < -0.39 is 16.1 Å². The minimum atomic E-state index is -3.64. The van der Waals surface area contributed by atoms with Crippen LogP contribution in [-0.4, -0.2) is 56.1 Å². The van der Waals surface area contributed by atoms with Gasteiger partial charge in [-0.15, -0.1) is 0 Å². The maximum atomic E-state index is 13.2. The zero-order valence-electron chi connectivity index (χ0n) is 18.9. The first-order valence-corrected chi connectivity index (χ1v) is 12.8. The van der Waals surface area contributed by atoms with E-state index in [0.29, 0.717) is 28.5 Å². The second-order valence-electron chi connectivity index (χ2n) is 7.54. The number of rotatable bonds is 11. The summed E-state index contributed by atoms with van der Waals surface area (Å²) in [6.07, 6.45) is 0.794. The van der Waals surface area contributed by atoms with Crippen molar-refractivity contribution in [3.8, 4) is 0 Å². The summed E-state index contributed by atoms with van der Waals surface area (Å²) < 4.78 is 26.6. The van der Waals surface area contributed by atoms with Gasteiger partial charge in [0.05, 0.1) is 4.90 Å². The highest BCUT2D eigenvalue weighted by Crippen LogP contribution is 2.24. The average molecular weight is 514 g/mol. The van der Waals surface area contributed by atoms with Gasteiger partial charge in [0.25, 0.3) is 0 Å². The van der Waals surface area contributed by atoms with Gasteiger partial charge in [-0.3, -0.25) is 9.59 Å². The number of carbonyl (C=O) groups excluding carboxylic acids is 2. The topological polar surface area (TPSA) is 86.8 Å². The molecule has 0 radical (unpaired) electrons. The maximum Gasteiger partial charge on any atom is 0.242 e. The SMILES string of the molecule is CC[C@@H](C(=O)NC)N(Cc1ccc(Cl)cc1Cl)C(=O)CCCN(C)S(=O)(=O)c1ccccc1. The van der Waals surface area contributed by atoms with E-state index in [4.69, 9.17) is 23.2 Å². The number of hydrogen-bond donors (Lipinski definition) is 1. The number of sulfonamides is 1. The van der Waals surface area contributed by atoms with Crippen molar-refractivity contribution in [3.63, 3.8) is 0 Å². The van der Waals surface area contributed by atoms with Gasteiger partial charge in [-0.05, 0) is 42.7 Å². The van der Waals surface area contributed by atoms with Gasteiger partial charge >= 0.3 is 0 Å². The van der Waals surface area contributed by atoms with Crippen molar-refractivity contribution in [1.82, 2.24) is 14.5 Å². The molecule has 0 aliphatic heterocycles. The summed E-state index contributed by atoms with van der Waals surface area (Å²) in [6, 6.07) is 12.4. The Morgan fingerprint density at radius 2 is 1.76 bits per heavy atom. The monoisotopic (exact) mass is 513 g/mol. The maximum absolute atomic E-state index is 13.2. The van der Waals surface area contributed by atoms with Crippen LogP contribution in [0.1, 0.15) is 31.7 Å². The molecule has 0 aliphatic carbocycles. The van der Waals surface area contributed by atoms with Crippen LogP contribution in [0.2, 0.25) is 10.0 Å². The molecule has 2 amide bonds. The Labute approximate surface area is 205 Å². The molecule has 0 spiro atoms. The molecule has 0 fully saturated rings. The molecule has 7 nitrogen and oxygen atoms in total.